The van der Waals surface area contributed by atoms with Crippen LogP contribution in [-0.4, -0.2) is 24.5 Å². The van der Waals surface area contributed by atoms with Crippen LogP contribution in [-0.2, 0) is 17.9 Å². The zero-order chi connectivity index (χ0) is 25.2. The number of anilines is 1. The summed E-state index contributed by atoms with van der Waals surface area (Å²) in [6.45, 7) is 4.83. The molecule has 0 radical (unpaired) electrons. The molecule has 1 fully saturated rings. The molecule has 1 N–H and O–H groups in total. The molecule has 0 unspecified atom stereocenters. The first-order chi connectivity index (χ1) is 17.4. The largest absolute Gasteiger partial charge is 0.365 e. The summed E-state index contributed by atoms with van der Waals surface area (Å²) in [7, 11) is 0. The van der Waals surface area contributed by atoms with Crippen molar-refractivity contribution in [2.24, 2.45) is 0 Å². The highest BCUT2D eigenvalue weighted by atomic mass is 32.2. The zero-order valence-electron chi connectivity index (χ0n) is 19.9. The molecule has 5 rings (SSSR count). The average Bonchev–Trinajstić information content (AvgIpc) is 3.14. The van der Waals surface area contributed by atoms with Crippen LogP contribution in [0.4, 0.5) is 5.82 Å². The molecule has 36 heavy (non-hydrogen) atoms. The normalized spacial score (nSPS) is 14.7. The Morgan fingerprint density at radius 1 is 0.944 bits per heavy atom. The third kappa shape index (κ3) is 4.96. The molecule has 0 saturated carbocycles. The molecule has 1 saturated heterocycles. The maximum atomic E-state index is 13.6. The standard InChI is InChI=1S/C28H24N4O2S2/c1-18-8-11-20(12-9-18)15-29-25-22(26(33)31-16-19(2)10-13-24(31)30-25)14-23-27(34)32(28(35)36-23)17-21-6-4-3-5-7-21/h3-14,16,29H,15,17H2,1-2H3. The lowest BCUT2D eigenvalue weighted by molar-refractivity contribution is -0.122. The van der Waals surface area contributed by atoms with Crippen molar-refractivity contribution in [3.63, 3.8) is 0 Å². The van der Waals surface area contributed by atoms with E-state index < -0.39 is 0 Å². The van der Waals surface area contributed by atoms with E-state index >= 15 is 0 Å². The second kappa shape index (κ2) is 10.1. The average molecular weight is 513 g/mol. The molecule has 3 heterocycles. The Labute approximate surface area is 218 Å². The molecule has 0 spiro atoms. The van der Waals surface area contributed by atoms with Crippen molar-refractivity contribution in [1.29, 1.82) is 0 Å². The number of thioether (sulfide) groups is 1. The lowest BCUT2D eigenvalue weighted by Gasteiger charge is -2.14. The minimum atomic E-state index is -0.247. The first kappa shape index (κ1) is 24.0. The van der Waals surface area contributed by atoms with Crippen molar-refractivity contribution in [3.05, 3.63) is 116 Å². The third-order valence-electron chi connectivity index (χ3n) is 5.92. The highest BCUT2D eigenvalue weighted by molar-refractivity contribution is 8.26. The predicted octanol–water partition coefficient (Wildman–Crippen LogP) is 5.32. The number of aromatic nitrogens is 2. The van der Waals surface area contributed by atoms with E-state index in [-0.39, 0.29) is 11.5 Å². The Balaban J connectivity index is 1.53. The summed E-state index contributed by atoms with van der Waals surface area (Å²) in [4.78, 5) is 33.5. The number of pyridine rings is 1. The zero-order valence-corrected chi connectivity index (χ0v) is 21.5. The van der Waals surface area contributed by atoms with Gasteiger partial charge in [-0.15, -0.1) is 0 Å². The maximum Gasteiger partial charge on any atom is 0.267 e. The van der Waals surface area contributed by atoms with Gasteiger partial charge in [-0.1, -0.05) is 90.2 Å². The predicted molar refractivity (Wildman–Crippen MR) is 150 cm³/mol. The molecule has 4 aromatic rings. The number of carbonyl (C=O) groups is 1. The Morgan fingerprint density at radius 2 is 1.67 bits per heavy atom. The van der Waals surface area contributed by atoms with Crippen molar-refractivity contribution >= 4 is 51.7 Å². The van der Waals surface area contributed by atoms with E-state index in [1.807, 2.05) is 80.6 Å². The van der Waals surface area contributed by atoms with Crippen molar-refractivity contribution in [2.75, 3.05) is 5.32 Å². The number of carbonyl (C=O) groups excluding carboxylic acids is 1. The number of fused-ring (bicyclic) bond motifs is 1. The highest BCUT2D eigenvalue weighted by Crippen LogP contribution is 2.34. The van der Waals surface area contributed by atoms with Gasteiger partial charge in [0.05, 0.1) is 17.0 Å². The summed E-state index contributed by atoms with van der Waals surface area (Å²) in [5.41, 5.74) is 4.77. The number of thiocarbonyl (C=S) groups is 1. The fraction of sp³-hybridized carbons (Fsp3) is 0.143. The third-order valence-corrected chi connectivity index (χ3v) is 7.30. The summed E-state index contributed by atoms with van der Waals surface area (Å²) >= 11 is 6.71. The van der Waals surface area contributed by atoms with Gasteiger partial charge < -0.3 is 5.32 Å². The van der Waals surface area contributed by atoms with Gasteiger partial charge in [-0.2, -0.15) is 0 Å². The van der Waals surface area contributed by atoms with Crippen LogP contribution in [0.1, 0.15) is 27.8 Å². The number of hydrogen-bond donors (Lipinski definition) is 1. The van der Waals surface area contributed by atoms with Crippen LogP contribution in [0.3, 0.4) is 0 Å². The molecule has 1 aliphatic rings. The van der Waals surface area contributed by atoms with Crippen molar-refractivity contribution in [3.8, 4) is 0 Å². The fourth-order valence-corrected chi connectivity index (χ4v) is 5.19. The van der Waals surface area contributed by atoms with Crippen LogP contribution in [0.5, 0.6) is 0 Å². The SMILES string of the molecule is Cc1ccc(CNc2nc3ccc(C)cn3c(=O)c2C=C2SC(=S)N(Cc3ccccc3)C2=O)cc1. The van der Waals surface area contributed by atoms with E-state index in [4.69, 9.17) is 17.2 Å². The molecule has 0 atom stereocenters. The van der Waals surface area contributed by atoms with Gasteiger partial charge in [-0.25, -0.2) is 4.98 Å². The van der Waals surface area contributed by atoms with Crippen molar-refractivity contribution in [1.82, 2.24) is 14.3 Å². The van der Waals surface area contributed by atoms with E-state index in [1.54, 1.807) is 17.2 Å². The number of hydrogen-bond acceptors (Lipinski definition) is 6. The highest BCUT2D eigenvalue weighted by Gasteiger charge is 2.32. The van der Waals surface area contributed by atoms with Gasteiger partial charge in [0.25, 0.3) is 11.5 Å². The number of amides is 1. The quantitative estimate of drug-likeness (QED) is 0.278. The smallest absolute Gasteiger partial charge is 0.267 e. The molecule has 1 aliphatic heterocycles. The lowest BCUT2D eigenvalue weighted by atomic mass is 10.1. The van der Waals surface area contributed by atoms with E-state index in [0.717, 1.165) is 16.7 Å². The second-order valence-electron chi connectivity index (χ2n) is 8.71. The minimum Gasteiger partial charge on any atom is -0.365 e. The van der Waals surface area contributed by atoms with Gasteiger partial charge in [0.1, 0.15) is 15.8 Å². The van der Waals surface area contributed by atoms with Crippen LogP contribution in [0.15, 0.2) is 82.6 Å². The number of nitrogens with one attached hydrogen (secondary N) is 1. The minimum absolute atomic E-state index is 0.216. The molecule has 0 aliphatic carbocycles. The number of aryl methyl sites for hydroxylation is 2. The topological polar surface area (TPSA) is 66.7 Å². The summed E-state index contributed by atoms with van der Waals surface area (Å²) in [5, 5.41) is 3.31. The number of rotatable bonds is 6. The molecule has 6 nitrogen and oxygen atoms in total. The molecule has 2 aromatic carbocycles. The van der Waals surface area contributed by atoms with E-state index in [1.165, 1.54) is 21.7 Å². The van der Waals surface area contributed by atoms with Crippen LogP contribution in [0, 0.1) is 13.8 Å². The van der Waals surface area contributed by atoms with Crippen LogP contribution in [0.25, 0.3) is 11.7 Å². The molecule has 180 valence electrons. The van der Waals surface area contributed by atoms with Crippen LogP contribution >= 0.6 is 24.0 Å². The van der Waals surface area contributed by atoms with Gasteiger partial charge in [0.15, 0.2) is 0 Å². The van der Waals surface area contributed by atoms with Gasteiger partial charge in [0, 0.05) is 12.7 Å². The Hall–Kier alpha value is -3.75. The van der Waals surface area contributed by atoms with Crippen LogP contribution in [0.2, 0.25) is 0 Å². The summed E-state index contributed by atoms with van der Waals surface area (Å²) in [6.07, 6.45) is 3.37. The summed E-state index contributed by atoms with van der Waals surface area (Å²) < 4.78 is 1.98. The molecular weight excluding hydrogens is 488 g/mol. The maximum absolute atomic E-state index is 13.6. The Kier molecular flexibility index (Phi) is 6.71. The van der Waals surface area contributed by atoms with Gasteiger partial charge in [0.2, 0.25) is 0 Å². The summed E-state index contributed by atoms with van der Waals surface area (Å²) in [5.74, 6) is 0.213. The van der Waals surface area contributed by atoms with Crippen molar-refractivity contribution < 1.29 is 4.79 Å². The Bertz CT molecular complexity index is 1560. The fourth-order valence-electron chi connectivity index (χ4n) is 3.95. The Morgan fingerprint density at radius 3 is 2.42 bits per heavy atom. The van der Waals surface area contributed by atoms with E-state index in [9.17, 15) is 9.59 Å². The molecule has 2 aromatic heterocycles. The molecule has 0 bridgehead atoms. The molecule has 1 amide bonds. The first-order valence-corrected chi connectivity index (χ1v) is 12.7. The lowest BCUT2D eigenvalue weighted by Crippen LogP contribution is -2.27. The van der Waals surface area contributed by atoms with Crippen LogP contribution < -0.4 is 10.9 Å². The van der Waals surface area contributed by atoms with Gasteiger partial charge >= 0.3 is 0 Å². The molecule has 8 heteroatoms. The van der Waals surface area contributed by atoms with Gasteiger partial charge in [-0.05, 0) is 42.7 Å². The summed E-state index contributed by atoms with van der Waals surface area (Å²) in [6, 6.07) is 21.6. The number of benzene rings is 2. The van der Waals surface area contributed by atoms with Crippen molar-refractivity contribution in [2.45, 2.75) is 26.9 Å². The monoisotopic (exact) mass is 512 g/mol. The molecular formula is C28H24N4O2S2. The number of nitrogens with zero attached hydrogens (tertiary/aromatic N) is 3. The van der Waals surface area contributed by atoms with E-state index in [2.05, 4.69) is 5.32 Å². The van der Waals surface area contributed by atoms with Gasteiger partial charge in [-0.3, -0.25) is 18.9 Å². The second-order valence-corrected chi connectivity index (χ2v) is 10.4. The first-order valence-electron chi connectivity index (χ1n) is 11.5. The van der Waals surface area contributed by atoms with E-state index in [0.29, 0.717) is 39.3 Å².